The molecule has 1 aliphatic carbocycles. The van der Waals surface area contributed by atoms with Gasteiger partial charge in [0.2, 0.25) is 0 Å². The zero-order valence-corrected chi connectivity index (χ0v) is 13.8. The van der Waals surface area contributed by atoms with E-state index in [1.165, 1.54) is 38.6 Å². The fourth-order valence-corrected chi connectivity index (χ4v) is 4.09. The Hall–Kier alpha value is -2.08. The van der Waals surface area contributed by atoms with Crippen LogP contribution in [-0.2, 0) is 5.41 Å². The normalized spacial score (nSPS) is 15.1. The molecule has 0 aliphatic heterocycles. The first-order valence-corrected chi connectivity index (χ1v) is 8.17. The first-order valence-electron chi connectivity index (χ1n) is 8.17. The van der Waals surface area contributed by atoms with Gasteiger partial charge in [0.25, 0.3) is 0 Å². The van der Waals surface area contributed by atoms with Crippen LogP contribution in [0, 0.1) is 0 Å². The minimum Gasteiger partial charge on any atom is -0.0616 e. The Morgan fingerprint density at radius 3 is 2.14 bits per heavy atom. The van der Waals surface area contributed by atoms with Crippen molar-refractivity contribution >= 4 is 10.8 Å². The van der Waals surface area contributed by atoms with E-state index in [4.69, 9.17) is 0 Å². The molecule has 0 N–H and O–H groups in total. The third-order valence-corrected chi connectivity index (χ3v) is 5.19. The lowest BCUT2D eigenvalue weighted by atomic mass is 9.78. The van der Waals surface area contributed by atoms with Crippen LogP contribution >= 0.6 is 0 Å². The van der Waals surface area contributed by atoms with Gasteiger partial charge in [-0.1, -0.05) is 70.2 Å². The number of hydrogen-bond donors (Lipinski definition) is 0. The summed E-state index contributed by atoms with van der Waals surface area (Å²) in [4.78, 5) is 0. The Morgan fingerprint density at radius 1 is 0.773 bits per heavy atom. The summed E-state index contributed by atoms with van der Waals surface area (Å²) in [6, 6.07) is 20.3. The van der Waals surface area contributed by atoms with Crippen LogP contribution in [0.15, 0.2) is 54.6 Å². The molecule has 0 fully saturated rings. The SMILES string of the molecule is CC(C)c1cccc2c1C(C)(C)c1cc3ccccc3cc1-2. The number of fused-ring (bicyclic) bond motifs is 4. The second-order valence-electron chi connectivity index (χ2n) is 7.29. The van der Waals surface area contributed by atoms with E-state index in [0.717, 1.165) is 0 Å². The quantitative estimate of drug-likeness (QED) is 0.494. The van der Waals surface area contributed by atoms with E-state index in [9.17, 15) is 0 Å². The van der Waals surface area contributed by atoms with E-state index in [-0.39, 0.29) is 5.41 Å². The van der Waals surface area contributed by atoms with Gasteiger partial charge in [-0.25, -0.2) is 0 Å². The summed E-state index contributed by atoms with van der Waals surface area (Å²) in [7, 11) is 0. The maximum atomic E-state index is 2.40. The average molecular weight is 286 g/mol. The second kappa shape index (κ2) is 4.46. The van der Waals surface area contributed by atoms with Gasteiger partial charge in [-0.05, 0) is 56.6 Å². The maximum absolute atomic E-state index is 2.40. The van der Waals surface area contributed by atoms with Crippen molar-refractivity contribution in [1.82, 2.24) is 0 Å². The molecule has 110 valence electrons. The summed E-state index contributed by atoms with van der Waals surface area (Å²) in [6.07, 6.45) is 0. The summed E-state index contributed by atoms with van der Waals surface area (Å²) in [6.45, 7) is 9.34. The number of benzene rings is 3. The van der Waals surface area contributed by atoms with Crippen LogP contribution in [0.2, 0.25) is 0 Å². The molecule has 22 heavy (non-hydrogen) atoms. The third-order valence-electron chi connectivity index (χ3n) is 5.19. The highest BCUT2D eigenvalue weighted by Crippen LogP contribution is 2.52. The largest absolute Gasteiger partial charge is 0.0616 e. The molecule has 3 aromatic rings. The van der Waals surface area contributed by atoms with E-state index in [1.807, 2.05) is 0 Å². The monoisotopic (exact) mass is 286 g/mol. The molecule has 4 rings (SSSR count). The zero-order valence-electron chi connectivity index (χ0n) is 13.8. The van der Waals surface area contributed by atoms with Crippen molar-refractivity contribution in [3.8, 4) is 11.1 Å². The minimum absolute atomic E-state index is 0.0789. The van der Waals surface area contributed by atoms with Crippen molar-refractivity contribution < 1.29 is 0 Å². The molecule has 0 bridgehead atoms. The van der Waals surface area contributed by atoms with Gasteiger partial charge in [0.05, 0.1) is 0 Å². The van der Waals surface area contributed by atoms with Crippen molar-refractivity contribution in [3.05, 3.63) is 71.3 Å². The van der Waals surface area contributed by atoms with Crippen LogP contribution in [-0.4, -0.2) is 0 Å². The average Bonchev–Trinajstić information content (AvgIpc) is 2.73. The van der Waals surface area contributed by atoms with Gasteiger partial charge >= 0.3 is 0 Å². The summed E-state index contributed by atoms with van der Waals surface area (Å²) >= 11 is 0. The van der Waals surface area contributed by atoms with Crippen LogP contribution in [0.1, 0.15) is 50.3 Å². The lowest BCUT2D eigenvalue weighted by Gasteiger charge is -2.26. The molecule has 0 amide bonds. The van der Waals surface area contributed by atoms with Crippen molar-refractivity contribution in [1.29, 1.82) is 0 Å². The molecule has 0 nitrogen and oxygen atoms in total. The molecule has 0 saturated heterocycles. The molecular weight excluding hydrogens is 264 g/mol. The van der Waals surface area contributed by atoms with Gasteiger partial charge in [-0.3, -0.25) is 0 Å². The van der Waals surface area contributed by atoms with Gasteiger partial charge in [-0.15, -0.1) is 0 Å². The highest BCUT2D eigenvalue weighted by molar-refractivity contribution is 5.93. The summed E-state index contributed by atoms with van der Waals surface area (Å²) in [5.41, 5.74) is 7.40. The van der Waals surface area contributed by atoms with Gasteiger partial charge < -0.3 is 0 Å². The third kappa shape index (κ3) is 1.70. The van der Waals surface area contributed by atoms with E-state index in [1.54, 1.807) is 0 Å². The molecule has 1 aliphatic rings. The summed E-state index contributed by atoms with van der Waals surface area (Å²) in [5, 5.41) is 2.67. The highest BCUT2D eigenvalue weighted by Gasteiger charge is 2.37. The molecule has 0 atom stereocenters. The van der Waals surface area contributed by atoms with Gasteiger partial charge in [0.1, 0.15) is 0 Å². The van der Waals surface area contributed by atoms with Crippen molar-refractivity contribution in [2.24, 2.45) is 0 Å². The molecule has 3 aromatic carbocycles. The lowest BCUT2D eigenvalue weighted by Crippen LogP contribution is -2.17. The molecule has 0 radical (unpaired) electrons. The Morgan fingerprint density at radius 2 is 1.45 bits per heavy atom. The van der Waals surface area contributed by atoms with Crippen LogP contribution in [0.25, 0.3) is 21.9 Å². The summed E-state index contributed by atoms with van der Waals surface area (Å²) in [5.74, 6) is 0.554. The molecular formula is C22H22. The standard InChI is InChI=1S/C22H22/c1-14(2)17-10-7-11-18-19-12-15-8-5-6-9-16(15)13-20(19)22(3,4)21(17)18/h5-14H,1-4H3. The molecule has 0 unspecified atom stereocenters. The Labute approximate surface area is 132 Å². The highest BCUT2D eigenvalue weighted by atomic mass is 14.4. The molecule has 0 aromatic heterocycles. The van der Waals surface area contributed by atoms with Crippen molar-refractivity contribution in [2.75, 3.05) is 0 Å². The topological polar surface area (TPSA) is 0 Å². The Balaban J connectivity index is 2.11. The molecule has 0 spiro atoms. The second-order valence-corrected chi connectivity index (χ2v) is 7.29. The zero-order chi connectivity index (χ0) is 15.5. The lowest BCUT2D eigenvalue weighted by molar-refractivity contribution is 0.643. The van der Waals surface area contributed by atoms with E-state index < -0.39 is 0 Å². The van der Waals surface area contributed by atoms with Crippen molar-refractivity contribution in [2.45, 2.75) is 39.0 Å². The molecule has 0 heterocycles. The first-order chi connectivity index (χ1) is 10.5. The Bertz CT molecular complexity index is 882. The minimum atomic E-state index is 0.0789. The van der Waals surface area contributed by atoms with Crippen LogP contribution in [0.4, 0.5) is 0 Å². The fraction of sp³-hybridized carbons (Fsp3) is 0.273. The number of rotatable bonds is 1. The van der Waals surface area contributed by atoms with Gasteiger partial charge in [0.15, 0.2) is 0 Å². The fourth-order valence-electron chi connectivity index (χ4n) is 4.09. The van der Waals surface area contributed by atoms with Crippen LogP contribution in [0.3, 0.4) is 0 Å². The van der Waals surface area contributed by atoms with E-state index in [2.05, 4.69) is 82.3 Å². The smallest absolute Gasteiger partial charge is 0.0161 e. The van der Waals surface area contributed by atoms with Gasteiger partial charge in [0, 0.05) is 5.41 Å². The molecule has 0 heteroatoms. The predicted molar refractivity (Wildman–Crippen MR) is 95.6 cm³/mol. The maximum Gasteiger partial charge on any atom is 0.0161 e. The molecule has 0 saturated carbocycles. The van der Waals surface area contributed by atoms with E-state index >= 15 is 0 Å². The number of hydrogen-bond acceptors (Lipinski definition) is 0. The summed E-state index contributed by atoms with van der Waals surface area (Å²) < 4.78 is 0. The first kappa shape index (κ1) is 13.6. The Kier molecular flexibility index (Phi) is 2.75. The van der Waals surface area contributed by atoms with Gasteiger partial charge in [-0.2, -0.15) is 0 Å². The van der Waals surface area contributed by atoms with Crippen molar-refractivity contribution in [3.63, 3.8) is 0 Å². The van der Waals surface area contributed by atoms with Crippen LogP contribution in [0.5, 0.6) is 0 Å². The van der Waals surface area contributed by atoms with E-state index in [0.29, 0.717) is 5.92 Å². The predicted octanol–water partition coefficient (Wildman–Crippen LogP) is 6.27. The van der Waals surface area contributed by atoms with Crippen LogP contribution < -0.4 is 0 Å².